The summed E-state index contributed by atoms with van der Waals surface area (Å²) in [4.78, 5) is 23.5. The number of fused-ring (bicyclic) bond motifs is 1. The summed E-state index contributed by atoms with van der Waals surface area (Å²) in [6, 6.07) is 12.6. The topological polar surface area (TPSA) is 46.2 Å². The molecule has 0 unspecified atom stereocenters. The summed E-state index contributed by atoms with van der Waals surface area (Å²) < 4.78 is 0. The van der Waals surface area contributed by atoms with Crippen LogP contribution in [0.4, 0.5) is 5.69 Å². The van der Waals surface area contributed by atoms with Gasteiger partial charge in [0.25, 0.3) is 0 Å². The predicted molar refractivity (Wildman–Crippen MR) is 78.3 cm³/mol. The van der Waals surface area contributed by atoms with E-state index >= 15 is 0 Å². The van der Waals surface area contributed by atoms with E-state index in [4.69, 9.17) is 11.6 Å². The van der Waals surface area contributed by atoms with E-state index in [1.165, 1.54) is 0 Å². The second-order valence-corrected chi connectivity index (χ2v) is 5.26. The summed E-state index contributed by atoms with van der Waals surface area (Å²) in [5.41, 5.74) is 3.25. The van der Waals surface area contributed by atoms with Gasteiger partial charge in [-0.1, -0.05) is 23.7 Å². The lowest BCUT2D eigenvalue weighted by Crippen LogP contribution is -2.03. The monoisotopic (exact) mass is 285 g/mol. The van der Waals surface area contributed by atoms with Crippen LogP contribution in [-0.2, 0) is 17.6 Å². The minimum absolute atomic E-state index is 0.0256. The summed E-state index contributed by atoms with van der Waals surface area (Å²) in [6.45, 7) is 0. The number of hydrogen-bond donors (Lipinski definition) is 1. The Morgan fingerprint density at radius 3 is 2.65 bits per heavy atom. The van der Waals surface area contributed by atoms with Crippen molar-refractivity contribution in [1.82, 2.24) is 0 Å². The average Bonchev–Trinajstić information content (AvgIpc) is 2.80. The highest BCUT2D eigenvalue weighted by molar-refractivity contribution is 6.30. The highest BCUT2D eigenvalue weighted by atomic mass is 35.5. The first kappa shape index (κ1) is 12.9. The quantitative estimate of drug-likeness (QED) is 0.880. The van der Waals surface area contributed by atoms with Crippen molar-refractivity contribution in [2.24, 2.45) is 0 Å². The number of halogens is 1. The Kier molecular flexibility index (Phi) is 3.28. The number of carbonyl (C=O) groups excluding carboxylic acids is 2. The Labute approximate surface area is 121 Å². The number of amides is 1. The lowest BCUT2D eigenvalue weighted by molar-refractivity contribution is -0.115. The molecule has 3 nitrogen and oxygen atoms in total. The second kappa shape index (κ2) is 5.10. The Bertz CT molecular complexity index is 692. The van der Waals surface area contributed by atoms with Crippen LogP contribution in [0.15, 0.2) is 42.5 Å². The molecular weight excluding hydrogens is 274 g/mol. The fourth-order valence-corrected chi connectivity index (χ4v) is 2.42. The predicted octanol–water partition coefficient (Wildman–Crippen LogP) is 3.26. The summed E-state index contributed by atoms with van der Waals surface area (Å²) in [5.74, 6) is 0.0109. The van der Waals surface area contributed by atoms with Crippen LogP contribution in [0.3, 0.4) is 0 Å². The third-order valence-electron chi connectivity index (χ3n) is 3.33. The largest absolute Gasteiger partial charge is 0.326 e. The Hall–Kier alpha value is -2.13. The van der Waals surface area contributed by atoms with E-state index in [0.717, 1.165) is 16.8 Å². The molecule has 1 heterocycles. The SMILES string of the molecule is O=C1Cc2cc(C(=O)Cc3ccc(Cl)cc3)ccc2N1. The van der Waals surface area contributed by atoms with Crippen LogP contribution in [-0.4, -0.2) is 11.7 Å². The number of carbonyl (C=O) groups is 2. The maximum atomic E-state index is 12.2. The number of Topliss-reactive ketones (excluding diaryl/α,β-unsaturated/α-hetero) is 1. The smallest absolute Gasteiger partial charge is 0.228 e. The van der Waals surface area contributed by atoms with Crippen molar-refractivity contribution < 1.29 is 9.59 Å². The zero-order chi connectivity index (χ0) is 14.1. The van der Waals surface area contributed by atoms with E-state index in [1.807, 2.05) is 12.1 Å². The molecule has 1 N–H and O–H groups in total. The van der Waals surface area contributed by atoms with Crippen LogP contribution in [0.5, 0.6) is 0 Å². The van der Waals surface area contributed by atoms with Gasteiger partial charge < -0.3 is 5.32 Å². The average molecular weight is 286 g/mol. The van der Waals surface area contributed by atoms with E-state index in [9.17, 15) is 9.59 Å². The molecule has 2 aromatic carbocycles. The summed E-state index contributed by atoms with van der Waals surface area (Å²) in [7, 11) is 0. The number of nitrogens with one attached hydrogen (secondary N) is 1. The van der Waals surface area contributed by atoms with Gasteiger partial charge in [0.1, 0.15) is 0 Å². The maximum Gasteiger partial charge on any atom is 0.228 e. The van der Waals surface area contributed by atoms with Gasteiger partial charge in [-0.2, -0.15) is 0 Å². The van der Waals surface area contributed by atoms with Crippen LogP contribution >= 0.6 is 11.6 Å². The zero-order valence-electron chi connectivity index (χ0n) is 10.7. The molecule has 0 aliphatic carbocycles. The van der Waals surface area contributed by atoms with E-state index in [2.05, 4.69) is 5.32 Å². The molecule has 100 valence electrons. The first-order valence-corrected chi connectivity index (χ1v) is 6.70. The van der Waals surface area contributed by atoms with Gasteiger partial charge in [-0.3, -0.25) is 9.59 Å². The fourth-order valence-electron chi connectivity index (χ4n) is 2.29. The van der Waals surface area contributed by atoms with E-state index in [1.54, 1.807) is 30.3 Å². The molecular formula is C16H12ClNO2. The van der Waals surface area contributed by atoms with Gasteiger partial charge in [0.15, 0.2) is 5.78 Å². The van der Waals surface area contributed by atoms with Crippen molar-refractivity contribution in [3.8, 4) is 0 Å². The van der Waals surface area contributed by atoms with Gasteiger partial charge in [-0.25, -0.2) is 0 Å². The highest BCUT2D eigenvalue weighted by Gasteiger charge is 2.19. The highest BCUT2D eigenvalue weighted by Crippen LogP contribution is 2.24. The number of anilines is 1. The standard InChI is InChI=1S/C16H12ClNO2/c17-13-4-1-10(2-5-13)7-15(19)11-3-6-14-12(8-11)9-16(20)18-14/h1-6,8H,7,9H2,(H,18,20). The number of benzene rings is 2. The van der Waals surface area contributed by atoms with Crippen molar-refractivity contribution in [1.29, 1.82) is 0 Å². The van der Waals surface area contributed by atoms with Gasteiger partial charge in [0.05, 0.1) is 6.42 Å². The lowest BCUT2D eigenvalue weighted by Gasteiger charge is -2.04. The van der Waals surface area contributed by atoms with Crippen molar-refractivity contribution in [3.63, 3.8) is 0 Å². The maximum absolute atomic E-state index is 12.2. The van der Waals surface area contributed by atoms with Gasteiger partial charge in [-0.15, -0.1) is 0 Å². The number of rotatable bonds is 3. The molecule has 20 heavy (non-hydrogen) atoms. The van der Waals surface area contributed by atoms with Crippen molar-refractivity contribution in [2.75, 3.05) is 5.32 Å². The zero-order valence-corrected chi connectivity index (χ0v) is 11.4. The molecule has 1 aliphatic heterocycles. The molecule has 0 saturated carbocycles. The van der Waals surface area contributed by atoms with Crippen LogP contribution in [0.2, 0.25) is 5.02 Å². The van der Waals surface area contributed by atoms with Crippen LogP contribution < -0.4 is 5.32 Å². The molecule has 3 rings (SSSR count). The Balaban J connectivity index is 1.79. The summed E-state index contributed by atoms with van der Waals surface area (Å²) in [5, 5.41) is 3.41. The first-order valence-electron chi connectivity index (χ1n) is 6.32. The van der Waals surface area contributed by atoms with Crippen LogP contribution in [0.1, 0.15) is 21.5 Å². The van der Waals surface area contributed by atoms with Gasteiger partial charge >= 0.3 is 0 Å². The number of hydrogen-bond acceptors (Lipinski definition) is 2. The van der Waals surface area contributed by atoms with E-state index in [-0.39, 0.29) is 11.7 Å². The van der Waals surface area contributed by atoms with Gasteiger partial charge in [0, 0.05) is 22.7 Å². The molecule has 2 aromatic rings. The molecule has 0 fully saturated rings. The van der Waals surface area contributed by atoms with Gasteiger partial charge in [-0.05, 0) is 41.5 Å². The summed E-state index contributed by atoms with van der Waals surface area (Å²) >= 11 is 5.82. The van der Waals surface area contributed by atoms with E-state index < -0.39 is 0 Å². The molecule has 0 radical (unpaired) electrons. The molecule has 0 spiro atoms. The Morgan fingerprint density at radius 2 is 1.90 bits per heavy atom. The minimum atomic E-state index is -0.0256. The van der Waals surface area contributed by atoms with Crippen molar-refractivity contribution in [2.45, 2.75) is 12.8 Å². The third-order valence-corrected chi connectivity index (χ3v) is 3.58. The van der Waals surface area contributed by atoms with Crippen molar-refractivity contribution >= 4 is 29.0 Å². The Morgan fingerprint density at radius 1 is 1.15 bits per heavy atom. The number of ketones is 1. The molecule has 1 amide bonds. The van der Waals surface area contributed by atoms with Crippen LogP contribution in [0.25, 0.3) is 0 Å². The normalized spacial score (nSPS) is 12.9. The van der Waals surface area contributed by atoms with Crippen molar-refractivity contribution in [3.05, 3.63) is 64.2 Å². The molecule has 4 heteroatoms. The molecule has 0 atom stereocenters. The molecule has 1 aliphatic rings. The summed E-state index contributed by atoms with van der Waals surface area (Å²) in [6.07, 6.45) is 0.675. The second-order valence-electron chi connectivity index (χ2n) is 4.82. The first-order chi connectivity index (χ1) is 9.61. The van der Waals surface area contributed by atoms with Crippen LogP contribution in [0, 0.1) is 0 Å². The van der Waals surface area contributed by atoms with Gasteiger partial charge in [0.2, 0.25) is 5.91 Å². The lowest BCUT2D eigenvalue weighted by atomic mass is 10.0. The molecule has 0 bridgehead atoms. The third kappa shape index (κ3) is 2.58. The molecule has 0 saturated heterocycles. The fraction of sp³-hybridized carbons (Fsp3) is 0.125. The van der Waals surface area contributed by atoms with E-state index in [0.29, 0.717) is 23.4 Å². The minimum Gasteiger partial charge on any atom is -0.326 e. The molecule has 0 aromatic heterocycles.